The molecule has 0 radical (unpaired) electrons. The minimum Gasteiger partial charge on any atom is -0.304 e. The fourth-order valence-corrected chi connectivity index (χ4v) is 1.38. The van der Waals surface area contributed by atoms with Gasteiger partial charge in [-0.3, -0.25) is 15.2 Å². The molecule has 0 bridgehead atoms. The maximum absolute atomic E-state index is 11.0. The van der Waals surface area contributed by atoms with Crippen molar-refractivity contribution in [3.8, 4) is 0 Å². The van der Waals surface area contributed by atoms with Crippen LogP contribution in [0.3, 0.4) is 0 Å². The average Bonchev–Trinajstić information content (AvgIpc) is 2.03. The summed E-state index contributed by atoms with van der Waals surface area (Å²) in [4.78, 5) is 11.0. The van der Waals surface area contributed by atoms with Gasteiger partial charge in [-0.2, -0.15) is 0 Å². The summed E-state index contributed by atoms with van der Waals surface area (Å²) in [5.74, 6) is 0.145. The molecule has 0 fully saturated rings. The van der Waals surface area contributed by atoms with E-state index < -0.39 is 6.29 Å². The van der Waals surface area contributed by atoms with E-state index in [1.54, 1.807) is 6.92 Å². The first-order valence-electron chi connectivity index (χ1n) is 4.29. The fourth-order valence-electron chi connectivity index (χ4n) is 0.979. The molecule has 0 rings (SSSR count). The zero-order valence-electron chi connectivity index (χ0n) is 7.92. The molecule has 2 atom stereocenters. The Bertz CT molecular complexity index is 153. The highest BCUT2D eigenvalue weighted by atomic mass is 31.0. The minimum atomic E-state index is -0.472. The molecule has 5 nitrogen and oxygen atoms in total. The van der Waals surface area contributed by atoms with Gasteiger partial charge in [-0.25, -0.2) is 0 Å². The molecule has 0 heterocycles. The molecular weight excluding hydrogens is 187 g/mol. The van der Waals surface area contributed by atoms with E-state index >= 15 is 0 Å². The number of rotatable bonds is 7. The summed E-state index contributed by atoms with van der Waals surface area (Å²) >= 11 is 0. The molecule has 0 saturated carbocycles. The molecule has 6 N–H and O–H groups in total. The molecule has 0 aromatic carbocycles. The number of ketones is 1. The summed E-state index contributed by atoms with van der Waals surface area (Å²) in [5.41, 5.74) is 10.6. The van der Waals surface area contributed by atoms with Crippen LogP contribution in [0.25, 0.3) is 0 Å². The van der Waals surface area contributed by atoms with Crippen LogP contribution in [0.5, 0.6) is 0 Å². The van der Waals surface area contributed by atoms with Crippen molar-refractivity contribution in [1.82, 2.24) is 10.4 Å². The zero-order chi connectivity index (χ0) is 10.3. The summed E-state index contributed by atoms with van der Waals surface area (Å²) in [7, 11) is 2.35. The normalized spacial score (nSPS) is 13.3. The molecule has 0 aliphatic carbocycles. The SMILES string of the molecule is CC(=O)[C@H](CCCNC(N)N)NP. The lowest BCUT2D eigenvalue weighted by molar-refractivity contribution is -0.118. The average molecular weight is 206 g/mol. The van der Waals surface area contributed by atoms with E-state index in [0.717, 1.165) is 19.4 Å². The largest absolute Gasteiger partial charge is 0.304 e. The van der Waals surface area contributed by atoms with Gasteiger partial charge in [0.2, 0.25) is 0 Å². The number of Topliss-reactive ketones (excluding diaryl/α,β-unsaturated/α-hetero) is 1. The molecule has 0 amide bonds. The highest BCUT2D eigenvalue weighted by molar-refractivity contribution is 7.13. The van der Waals surface area contributed by atoms with E-state index in [-0.39, 0.29) is 11.8 Å². The van der Waals surface area contributed by atoms with Gasteiger partial charge in [0.05, 0.1) is 6.04 Å². The van der Waals surface area contributed by atoms with Gasteiger partial charge in [-0.05, 0) is 26.3 Å². The Hall–Kier alpha value is -0.0600. The Morgan fingerprint density at radius 3 is 2.54 bits per heavy atom. The lowest BCUT2D eigenvalue weighted by Gasteiger charge is -2.13. The first kappa shape index (κ1) is 12.9. The highest BCUT2D eigenvalue weighted by Crippen LogP contribution is 1.99. The van der Waals surface area contributed by atoms with Crippen LogP contribution < -0.4 is 21.9 Å². The maximum atomic E-state index is 11.0. The molecular formula is C7H19N4OP. The van der Waals surface area contributed by atoms with E-state index in [0.29, 0.717) is 0 Å². The standard InChI is InChI=1S/C7H19N4OP/c1-5(12)6(11-13)3-2-4-10-7(8)9/h6-7,10-11H,2-4,8-9,13H2,1H3/t6-/m0/s1. The second-order valence-electron chi connectivity index (χ2n) is 2.95. The predicted octanol–water partition coefficient (Wildman–Crippen LogP) is -1.11. The van der Waals surface area contributed by atoms with Crippen LogP contribution in [0.15, 0.2) is 0 Å². The topological polar surface area (TPSA) is 93.2 Å². The second kappa shape index (κ2) is 7.35. The summed E-state index contributed by atoms with van der Waals surface area (Å²) in [6, 6.07) is -0.0826. The molecule has 0 aliphatic rings. The van der Waals surface area contributed by atoms with Crippen molar-refractivity contribution in [1.29, 1.82) is 0 Å². The van der Waals surface area contributed by atoms with Gasteiger partial charge < -0.3 is 11.5 Å². The van der Waals surface area contributed by atoms with Crippen molar-refractivity contribution >= 4 is 15.2 Å². The molecule has 78 valence electrons. The Morgan fingerprint density at radius 2 is 2.15 bits per heavy atom. The van der Waals surface area contributed by atoms with Gasteiger partial charge in [0, 0.05) is 0 Å². The first-order valence-corrected chi connectivity index (χ1v) is 4.86. The molecule has 0 aromatic heterocycles. The van der Waals surface area contributed by atoms with Crippen molar-refractivity contribution in [3.05, 3.63) is 0 Å². The second-order valence-corrected chi connectivity index (χ2v) is 3.29. The van der Waals surface area contributed by atoms with Crippen LogP contribution in [-0.2, 0) is 4.79 Å². The van der Waals surface area contributed by atoms with E-state index in [1.165, 1.54) is 0 Å². The molecule has 6 heteroatoms. The third-order valence-corrected chi connectivity index (χ3v) is 2.14. The van der Waals surface area contributed by atoms with Gasteiger partial charge in [0.1, 0.15) is 12.1 Å². The Balaban J connectivity index is 3.44. The Morgan fingerprint density at radius 1 is 1.54 bits per heavy atom. The van der Waals surface area contributed by atoms with Crippen molar-refractivity contribution < 1.29 is 4.79 Å². The van der Waals surface area contributed by atoms with Gasteiger partial charge in [-0.15, -0.1) is 0 Å². The molecule has 0 spiro atoms. The molecule has 0 aromatic rings. The van der Waals surface area contributed by atoms with Crippen molar-refractivity contribution in [3.63, 3.8) is 0 Å². The van der Waals surface area contributed by atoms with E-state index in [1.807, 2.05) is 0 Å². The zero-order valence-corrected chi connectivity index (χ0v) is 9.07. The Labute approximate surface area is 81.3 Å². The number of hydrogen-bond donors (Lipinski definition) is 4. The minimum absolute atomic E-state index is 0.0826. The highest BCUT2D eigenvalue weighted by Gasteiger charge is 2.10. The van der Waals surface area contributed by atoms with Gasteiger partial charge in [-0.1, -0.05) is 9.39 Å². The quantitative estimate of drug-likeness (QED) is 0.241. The monoisotopic (exact) mass is 206 g/mol. The first-order chi connectivity index (χ1) is 6.07. The van der Waals surface area contributed by atoms with Crippen LogP contribution in [-0.4, -0.2) is 24.7 Å². The third kappa shape index (κ3) is 7.05. The van der Waals surface area contributed by atoms with Crippen molar-refractivity contribution in [2.24, 2.45) is 11.5 Å². The van der Waals surface area contributed by atoms with E-state index in [2.05, 4.69) is 19.8 Å². The molecule has 13 heavy (non-hydrogen) atoms. The molecule has 0 aliphatic heterocycles. The van der Waals surface area contributed by atoms with Crippen LogP contribution in [0, 0.1) is 0 Å². The fraction of sp³-hybridized carbons (Fsp3) is 0.857. The van der Waals surface area contributed by atoms with Crippen LogP contribution >= 0.6 is 9.39 Å². The predicted molar refractivity (Wildman–Crippen MR) is 56.7 cm³/mol. The van der Waals surface area contributed by atoms with Crippen molar-refractivity contribution in [2.45, 2.75) is 32.1 Å². The van der Waals surface area contributed by atoms with E-state index in [4.69, 9.17) is 11.5 Å². The number of hydrogen-bond acceptors (Lipinski definition) is 5. The van der Waals surface area contributed by atoms with E-state index in [9.17, 15) is 4.79 Å². The summed E-state index contributed by atoms with van der Waals surface area (Å²) in [6.07, 6.45) is 1.19. The third-order valence-electron chi connectivity index (χ3n) is 1.74. The lowest BCUT2D eigenvalue weighted by Crippen LogP contribution is -2.45. The maximum Gasteiger partial charge on any atom is 0.146 e. The van der Waals surface area contributed by atoms with Crippen LogP contribution in [0.2, 0.25) is 0 Å². The number of nitrogens with one attached hydrogen (secondary N) is 2. The molecule has 0 saturated heterocycles. The van der Waals surface area contributed by atoms with Gasteiger partial charge in [0.15, 0.2) is 0 Å². The number of carbonyl (C=O) groups is 1. The number of carbonyl (C=O) groups excluding carboxylic acids is 1. The summed E-state index contributed by atoms with van der Waals surface area (Å²) in [6.45, 7) is 2.30. The lowest BCUT2D eigenvalue weighted by atomic mass is 10.1. The van der Waals surface area contributed by atoms with Crippen LogP contribution in [0.4, 0.5) is 0 Å². The Kier molecular flexibility index (Phi) is 7.32. The molecule has 1 unspecified atom stereocenters. The van der Waals surface area contributed by atoms with Crippen molar-refractivity contribution in [2.75, 3.05) is 6.54 Å². The van der Waals surface area contributed by atoms with Gasteiger partial charge >= 0.3 is 0 Å². The number of nitrogens with two attached hydrogens (primary N) is 2. The van der Waals surface area contributed by atoms with Crippen LogP contribution in [0.1, 0.15) is 19.8 Å². The van der Waals surface area contributed by atoms with Gasteiger partial charge in [0.25, 0.3) is 0 Å². The summed E-state index contributed by atoms with van der Waals surface area (Å²) < 4.78 is 0. The summed E-state index contributed by atoms with van der Waals surface area (Å²) in [5, 5.41) is 5.74. The smallest absolute Gasteiger partial charge is 0.146 e.